The Hall–Kier alpha value is -1.26. The van der Waals surface area contributed by atoms with Gasteiger partial charge in [0, 0.05) is 12.1 Å². The van der Waals surface area contributed by atoms with Gasteiger partial charge >= 0.3 is 0 Å². The monoisotopic (exact) mass is 159 g/mol. The van der Waals surface area contributed by atoms with Crippen molar-refractivity contribution in [3.05, 3.63) is 34.9 Å². The first-order valence-corrected chi connectivity index (χ1v) is 3.98. The lowest BCUT2D eigenvalue weighted by Gasteiger charge is -2.04. The zero-order valence-electron chi connectivity index (χ0n) is 7.52. The fourth-order valence-corrected chi connectivity index (χ4v) is 1.17. The van der Waals surface area contributed by atoms with E-state index >= 15 is 0 Å². The van der Waals surface area contributed by atoms with Gasteiger partial charge < -0.3 is 5.32 Å². The lowest BCUT2D eigenvalue weighted by atomic mass is 10.1. The minimum absolute atomic E-state index is 0.899. The molecule has 0 saturated carbocycles. The van der Waals surface area contributed by atoms with Gasteiger partial charge in [-0.05, 0) is 37.2 Å². The van der Waals surface area contributed by atoms with E-state index < -0.39 is 0 Å². The summed E-state index contributed by atoms with van der Waals surface area (Å²) in [7, 11) is 1.94. The van der Waals surface area contributed by atoms with Crippen LogP contribution in [0.5, 0.6) is 0 Å². The molecule has 0 aliphatic rings. The molecule has 0 aliphatic heterocycles. The maximum Gasteiger partial charge on any atom is 0.0245 e. The van der Waals surface area contributed by atoms with Gasteiger partial charge in [-0.2, -0.15) is 0 Å². The van der Waals surface area contributed by atoms with Crippen LogP contribution in [0.2, 0.25) is 0 Å². The normalized spacial score (nSPS) is 9.42. The highest BCUT2D eigenvalue weighted by Gasteiger charge is 1.96. The fraction of sp³-hybridized carbons (Fsp3) is 0.273. The SMILES string of the molecule is C#Cc1ccc(CNC)c(C)c1. The molecule has 0 fully saturated rings. The van der Waals surface area contributed by atoms with Crippen LogP contribution in [0.1, 0.15) is 16.7 Å². The van der Waals surface area contributed by atoms with Crippen molar-refractivity contribution < 1.29 is 0 Å². The molecule has 0 radical (unpaired) electrons. The molecule has 0 amide bonds. The zero-order chi connectivity index (χ0) is 8.97. The first-order chi connectivity index (χ1) is 5.77. The summed E-state index contributed by atoms with van der Waals surface area (Å²) in [6, 6.07) is 6.08. The summed E-state index contributed by atoms with van der Waals surface area (Å²) in [5.41, 5.74) is 3.50. The van der Waals surface area contributed by atoms with E-state index in [2.05, 4.69) is 24.2 Å². The van der Waals surface area contributed by atoms with E-state index in [4.69, 9.17) is 6.42 Å². The van der Waals surface area contributed by atoms with E-state index in [1.54, 1.807) is 0 Å². The number of aryl methyl sites for hydroxylation is 1. The molecule has 0 bridgehead atoms. The van der Waals surface area contributed by atoms with Gasteiger partial charge in [-0.1, -0.05) is 12.0 Å². The first-order valence-electron chi connectivity index (χ1n) is 3.98. The third-order valence-electron chi connectivity index (χ3n) is 1.88. The van der Waals surface area contributed by atoms with Gasteiger partial charge in [-0.3, -0.25) is 0 Å². The van der Waals surface area contributed by atoms with Crippen LogP contribution in [0, 0.1) is 19.3 Å². The molecule has 0 atom stereocenters. The third-order valence-corrected chi connectivity index (χ3v) is 1.88. The average Bonchev–Trinajstić information content (AvgIpc) is 2.09. The van der Waals surface area contributed by atoms with E-state index in [0.29, 0.717) is 0 Å². The minimum Gasteiger partial charge on any atom is -0.316 e. The van der Waals surface area contributed by atoms with E-state index in [1.807, 2.05) is 19.2 Å². The van der Waals surface area contributed by atoms with Gasteiger partial charge in [-0.15, -0.1) is 6.42 Å². The minimum atomic E-state index is 0.899. The molecule has 1 aromatic carbocycles. The molecule has 1 rings (SSSR count). The van der Waals surface area contributed by atoms with Crippen molar-refractivity contribution in [1.82, 2.24) is 5.32 Å². The van der Waals surface area contributed by atoms with E-state index in [9.17, 15) is 0 Å². The van der Waals surface area contributed by atoms with E-state index in [0.717, 1.165) is 12.1 Å². The van der Waals surface area contributed by atoms with Crippen LogP contribution in [0.4, 0.5) is 0 Å². The Morgan fingerprint density at radius 1 is 1.50 bits per heavy atom. The molecule has 1 aromatic rings. The molecule has 1 N–H and O–H groups in total. The number of benzene rings is 1. The van der Waals surface area contributed by atoms with Crippen molar-refractivity contribution in [2.75, 3.05) is 7.05 Å². The molecular formula is C11H13N. The van der Waals surface area contributed by atoms with Crippen LogP contribution in [0.25, 0.3) is 0 Å². The maximum atomic E-state index is 5.28. The van der Waals surface area contributed by atoms with Crippen LogP contribution >= 0.6 is 0 Å². The summed E-state index contributed by atoms with van der Waals surface area (Å²) in [4.78, 5) is 0. The Bertz CT molecular complexity index is 307. The standard InChI is InChI=1S/C11H13N/c1-4-10-5-6-11(8-12-3)9(2)7-10/h1,5-7,12H,8H2,2-3H3. The highest BCUT2D eigenvalue weighted by atomic mass is 14.8. The highest BCUT2D eigenvalue weighted by Crippen LogP contribution is 2.09. The number of hydrogen-bond donors (Lipinski definition) is 1. The Morgan fingerprint density at radius 2 is 2.25 bits per heavy atom. The van der Waals surface area contributed by atoms with Gasteiger partial charge in [0.2, 0.25) is 0 Å². The molecule has 12 heavy (non-hydrogen) atoms. The summed E-state index contributed by atoms with van der Waals surface area (Å²) in [5, 5.41) is 3.11. The van der Waals surface area contributed by atoms with Crippen LogP contribution in [0.3, 0.4) is 0 Å². The summed E-state index contributed by atoms with van der Waals surface area (Å²) in [6.07, 6.45) is 5.28. The Balaban J connectivity index is 2.97. The third kappa shape index (κ3) is 1.87. The topological polar surface area (TPSA) is 12.0 Å². The van der Waals surface area contributed by atoms with Gasteiger partial charge in [0.15, 0.2) is 0 Å². The maximum absolute atomic E-state index is 5.28. The number of hydrogen-bond acceptors (Lipinski definition) is 1. The van der Waals surface area contributed by atoms with Crippen LogP contribution in [-0.2, 0) is 6.54 Å². The van der Waals surface area contributed by atoms with Crippen molar-refractivity contribution >= 4 is 0 Å². The molecule has 1 nitrogen and oxygen atoms in total. The first kappa shape index (κ1) is 8.83. The molecular weight excluding hydrogens is 146 g/mol. The molecule has 0 saturated heterocycles. The quantitative estimate of drug-likeness (QED) is 0.647. The Labute approximate surface area is 73.8 Å². The predicted octanol–water partition coefficient (Wildman–Crippen LogP) is 1.70. The zero-order valence-corrected chi connectivity index (χ0v) is 7.52. The van der Waals surface area contributed by atoms with Crippen LogP contribution in [-0.4, -0.2) is 7.05 Å². The molecule has 0 unspecified atom stereocenters. The van der Waals surface area contributed by atoms with Crippen LogP contribution < -0.4 is 5.32 Å². The summed E-state index contributed by atoms with van der Waals surface area (Å²) in [5.74, 6) is 2.62. The van der Waals surface area contributed by atoms with E-state index in [-0.39, 0.29) is 0 Å². The molecule has 1 heteroatoms. The van der Waals surface area contributed by atoms with Crippen molar-refractivity contribution in [2.24, 2.45) is 0 Å². The highest BCUT2D eigenvalue weighted by molar-refractivity contribution is 5.39. The predicted molar refractivity (Wildman–Crippen MR) is 51.9 cm³/mol. The second kappa shape index (κ2) is 3.94. The lowest BCUT2D eigenvalue weighted by Crippen LogP contribution is -2.06. The molecule has 0 aromatic heterocycles. The van der Waals surface area contributed by atoms with Gasteiger partial charge in [-0.25, -0.2) is 0 Å². The van der Waals surface area contributed by atoms with Crippen molar-refractivity contribution in [2.45, 2.75) is 13.5 Å². The number of rotatable bonds is 2. The van der Waals surface area contributed by atoms with Crippen LogP contribution in [0.15, 0.2) is 18.2 Å². The largest absolute Gasteiger partial charge is 0.316 e. The summed E-state index contributed by atoms with van der Waals surface area (Å²) >= 11 is 0. The smallest absolute Gasteiger partial charge is 0.0245 e. The lowest BCUT2D eigenvalue weighted by molar-refractivity contribution is 0.812. The van der Waals surface area contributed by atoms with Crippen molar-refractivity contribution in [3.63, 3.8) is 0 Å². The van der Waals surface area contributed by atoms with Crippen molar-refractivity contribution in [3.8, 4) is 12.3 Å². The fourth-order valence-electron chi connectivity index (χ4n) is 1.17. The average molecular weight is 159 g/mol. The second-order valence-electron chi connectivity index (χ2n) is 2.82. The second-order valence-corrected chi connectivity index (χ2v) is 2.82. The van der Waals surface area contributed by atoms with E-state index in [1.165, 1.54) is 11.1 Å². The number of terminal acetylenes is 1. The Morgan fingerprint density at radius 3 is 2.75 bits per heavy atom. The van der Waals surface area contributed by atoms with Gasteiger partial charge in [0.05, 0.1) is 0 Å². The molecule has 0 spiro atoms. The van der Waals surface area contributed by atoms with Gasteiger partial charge in [0.1, 0.15) is 0 Å². The number of nitrogens with one attached hydrogen (secondary N) is 1. The summed E-state index contributed by atoms with van der Waals surface area (Å²) in [6.45, 7) is 2.98. The Kier molecular flexibility index (Phi) is 2.90. The summed E-state index contributed by atoms with van der Waals surface area (Å²) < 4.78 is 0. The molecule has 0 heterocycles. The van der Waals surface area contributed by atoms with Gasteiger partial charge in [0.25, 0.3) is 0 Å². The van der Waals surface area contributed by atoms with Crippen molar-refractivity contribution in [1.29, 1.82) is 0 Å². The molecule has 62 valence electrons. The molecule has 0 aliphatic carbocycles.